The fourth-order valence-corrected chi connectivity index (χ4v) is 2.66. The Kier molecular flexibility index (Phi) is 9.79. The van der Waals surface area contributed by atoms with Crippen LogP contribution in [-0.2, 0) is 19.1 Å². The van der Waals surface area contributed by atoms with Crippen LogP contribution >= 0.6 is 11.6 Å². The number of benzene rings is 1. The highest BCUT2D eigenvalue weighted by Crippen LogP contribution is 2.21. The molecule has 0 heterocycles. The normalized spacial score (nSPS) is 14.0. The Morgan fingerprint density at radius 3 is 2.18 bits per heavy atom. The Morgan fingerprint density at radius 2 is 1.68 bits per heavy atom. The SMILES string of the molecule is CCC(C)C(NC(=O)OC(C)C)C(=O)NC(CC(=O)OC)c1ccc(Cl)cc1. The number of carbonyl (C=O) groups is 3. The van der Waals surface area contributed by atoms with Crippen molar-refractivity contribution in [1.29, 1.82) is 0 Å². The van der Waals surface area contributed by atoms with Crippen molar-refractivity contribution in [3.63, 3.8) is 0 Å². The molecule has 7 nitrogen and oxygen atoms in total. The number of hydrogen-bond acceptors (Lipinski definition) is 5. The smallest absolute Gasteiger partial charge is 0.408 e. The van der Waals surface area contributed by atoms with Gasteiger partial charge in [0.1, 0.15) is 6.04 Å². The van der Waals surface area contributed by atoms with Gasteiger partial charge < -0.3 is 20.1 Å². The van der Waals surface area contributed by atoms with Crippen LogP contribution in [0.5, 0.6) is 0 Å². The van der Waals surface area contributed by atoms with E-state index in [4.69, 9.17) is 21.1 Å². The number of esters is 1. The van der Waals surface area contributed by atoms with Crippen LogP contribution in [-0.4, -0.2) is 37.2 Å². The van der Waals surface area contributed by atoms with Crippen molar-refractivity contribution in [3.05, 3.63) is 34.9 Å². The third-order valence-electron chi connectivity index (χ3n) is 4.30. The summed E-state index contributed by atoms with van der Waals surface area (Å²) in [4.78, 5) is 36.7. The summed E-state index contributed by atoms with van der Waals surface area (Å²) in [5, 5.41) is 6.00. The quantitative estimate of drug-likeness (QED) is 0.604. The molecule has 0 bridgehead atoms. The van der Waals surface area contributed by atoms with Gasteiger partial charge in [0, 0.05) is 5.02 Å². The second-order valence-electron chi connectivity index (χ2n) is 6.85. The van der Waals surface area contributed by atoms with E-state index in [9.17, 15) is 14.4 Å². The summed E-state index contributed by atoms with van der Waals surface area (Å²) in [5.74, 6) is -1.00. The van der Waals surface area contributed by atoms with Crippen LogP contribution in [0, 0.1) is 5.92 Å². The van der Waals surface area contributed by atoms with Gasteiger partial charge in [-0.3, -0.25) is 9.59 Å². The lowest BCUT2D eigenvalue weighted by molar-refractivity contribution is -0.141. The van der Waals surface area contributed by atoms with Gasteiger partial charge in [0.05, 0.1) is 25.7 Å². The predicted molar refractivity (Wildman–Crippen MR) is 107 cm³/mol. The molecule has 0 aliphatic carbocycles. The number of rotatable bonds is 9. The number of ether oxygens (including phenoxy) is 2. The molecular weight excluding hydrogens is 384 g/mol. The van der Waals surface area contributed by atoms with Crippen LogP contribution in [0.3, 0.4) is 0 Å². The fraction of sp³-hybridized carbons (Fsp3) is 0.550. The van der Waals surface area contributed by atoms with Gasteiger partial charge in [0.2, 0.25) is 5.91 Å². The molecule has 1 rings (SSSR count). The van der Waals surface area contributed by atoms with Gasteiger partial charge in [-0.05, 0) is 37.5 Å². The van der Waals surface area contributed by atoms with E-state index < -0.39 is 30.1 Å². The summed E-state index contributed by atoms with van der Waals surface area (Å²) in [5.41, 5.74) is 0.704. The first-order valence-electron chi connectivity index (χ1n) is 9.27. The predicted octanol–water partition coefficient (Wildman–Crippen LogP) is 3.61. The first-order valence-corrected chi connectivity index (χ1v) is 9.65. The zero-order valence-electron chi connectivity index (χ0n) is 17.0. The second-order valence-corrected chi connectivity index (χ2v) is 7.29. The maximum atomic E-state index is 12.9. The van der Waals surface area contributed by atoms with E-state index in [2.05, 4.69) is 10.6 Å². The average molecular weight is 413 g/mol. The zero-order chi connectivity index (χ0) is 21.3. The number of amides is 2. The molecule has 1 aromatic carbocycles. The molecule has 0 saturated carbocycles. The molecule has 0 aromatic heterocycles. The second kappa shape index (κ2) is 11.5. The maximum absolute atomic E-state index is 12.9. The first kappa shape index (κ1) is 23.8. The average Bonchev–Trinajstić information content (AvgIpc) is 2.64. The number of halogens is 1. The van der Waals surface area contributed by atoms with Crippen LogP contribution in [0.2, 0.25) is 5.02 Å². The standard InChI is InChI=1S/C20H29ClN2O5/c1-6-13(4)18(23-20(26)28-12(2)3)19(25)22-16(11-17(24)27-5)14-7-9-15(21)10-8-14/h7-10,12-13,16,18H,6,11H2,1-5H3,(H,22,25)(H,23,26). The van der Waals surface area contributed by atoms with E-state index in [1.165, 1.54) is 7.11 Å². The number of hydrogen-bond donors (Lipinski definition) is 2. The molecule has 3 unspecified atom stereocenters. The largest absolute Gasteiger partial charge is 0.469 e. The topological polar surface area (TPSA) is 93.7 Å². The fourth-order valence-electron chi connectivity index (χ4n) is 2.54. The first-order chi connectivity index (χ1) is 13.2. The molecule has 0 spiro atoms. The van der Waals surface area contributed by atoms with Gasteiger partial charge in [-0.25, -0.2) is 4.79 Å². The minimum absolute atomic E-state index is 0.0481. The summed E-state index contributed by atoms with van der Waals surface area (Å²) < 4.78 is 9.83. The van der Waals surface area contributed by atoms with E-state index in [1.807, 2.05) is 13.8 Å². The van der Waals surface area contributed by atoms with Crippen LogP contribution in [0.4, 0.5) is 4.79 Å². The Hall–Kier alpha value is -2.28. The lowest BCUT2D eigenvalue weighted by Crippen LogP contribution is -2.51. The van der Waals surface area contributed by atoms with Gasteiger partial charge in [-0.1, -0.05) is 44.0 Å². The molecule has 2 amide bonds. The van der Waals surface area contributed by atoms with Crippen LogP contribution in [0.25, 0.3) is 0 Å². The van der Waals surface area contributed by atoms with Gasteiger partial charge >= 0.3 is 12.1 Å². The van der Waals surface area contributed by atoms with E-state index >= 15 is 0 Å². The molecule has 8 heteroatoms. The Morgan fingerprint density at radius 1 is 1.07 bits per heavy atom. The third kappa shape index (κ3) is 7.76. The monoisotopic (exact) mass is 412 g/mol. The lowest BCUT2D eigenvalue weighted by atomic mass is 9.97. The molecule has 2 N–H and O–H groups in total. The molecule has 0 aliphatic rings. The Bertz CT molecular complexity index is 663. The van der Waals surface area contributed by atoms with Crippen molar-refractivity contribution in [3.8, 4) is 0 Å². The summed E-state index contributed by atoms with van der Waals surface area (Å²) >= 11 is 5.92. The molecule has 0 aliphatic heterocycles. The number of carbonyl (C=O) groups excluding carboxylic acids is 3. The maximum Gasteiger partial charge on any atom is 0.408 e. The Labute approximate surface area is 171 Å². The zero-order valence-corrected chi connectivity index (χ0v) is 17.7. The van der Waals surface area contributed by atoms with E-state index in [1.54, 1.807) is 38.1 Å². The molecule has 0 fully saturated rings. The van der Waals surface area contributed by atoms with Crippen molar-refractivity contribution in [2.45, 2.75) is 58.7 Å². The van der Waals surface area contributed by atoms with E-state index in [0.717, 1.165) is 0 Å². The summed E-state index contributed by atoms with van der Waals surface area (Å²) in [6.07, 6.45) is -0.343. The number of alkyl carbamates (subject to hydrolysis) is 1. The molecule has 1 aromatic rings. The third-order valence-corrected chi connectivity index (χ3v) is 4.55. The van der Waals surface area contributed by atoms with Gasteiger partial charge in [-0.2, -0.15) is 0 Å². The lowest BCUT2D eigenvalue weighted by Gasteiger charge is -2.26. The highest BCUT2D eigenvalue weighted by Gasteiger charge is 2.29. The molecule has 0 radical (unpaired) electrons. The summed E-state index contributed by atoms with van der Waals surface area (Å²) in [6.45, 7) is 7.23. The van der Waals surface area contributed by atoms with E-state index in [-0.39, 0.29) is 18.4 Å². The molecule has 3 atom stereocenters. The van der Waals surface area contributed by atoms with Crippen molar-refractivity contribution < 1.29 is 23.9 Å². The Balaban J connectivity index is 3.00. The highest BCUT2D eigenvalue weighted by molar-refractivity contribution is 6.30. The van der Waals surface area contributed by atoms with Crippen molar-refractivity contribution in [2.75, 3.05) is 7.11 Å². The van der Waals surface area contributed by atoms with E-state index in [0.29, 0.717) is 17.0 Å². The van der Waals surface area contributed by atoms with Crippen molar-refractivity contribution in [2.24, 2.45) is 5.92 Å². The molecular formula is C20H29ClN2O5. The van der Waals surface area contributed by atoms with Crippen LogP contribution < -0.4 is 10.6 Å². The van der Waals surface area contributed by atoms with Crippen LogP contribution in [0.15, 0.2) is 24.3 Å². The number of nitrogens with one attached hydrogen (secondary N) is 2. The summed E-state index contributed by atoms with van der Waals surface area (Å²) in [6, 6.07) is 5.40. The minimum atomic E-state index is -0.802. The van der Waals surface area contributed by atoms with Crippen LogP contribution in [0.1, 0.15) is 52.1 Å². The molecule has 28 heavy (non-hydrogen) atoms. The van der Waals surface area contributed by atoms with Gasteiger partial charge in [-0.15, -0.1) is 0 Å². The molecule has 0 saturated heterocycles. The van der Waals surface area contributed by atoms with Gasteiger partial charge in [0.25, 0.3) is 0 Å². The van der Waals surface area contributed by atoms with Crippen molar-refractivity contribution >= 4 is 29.6 Å². The van der Waals surface area contributed by atoms with Crippen molar-refractivity contribution in [1.82, 2.24) is 10.6 Å². The summed E-state index contributed by atoms with van der Waals surface area (Å²) in [7, 11) is 1.29. The minimum Gasteiger partial charge on any atom is -0.469 e. The molecule has 156 valence electrons. The number of methoxy groups -OCH3 is 1. The highest BCUT2D eigenvalue weighted by atomic mass is 35.5. The van der Waals surface area contributed by atoms with Gasteiger partial charge in [0.15, 0.2) is 0 Å².